The van der Waals surface area contributed by atoms with E-state index >= 15 is 0 Å². The zero-order valence-electron chi connectivity index (χ0n) is 22.1. The van der Waals surface area contributed by atoms with Crippen LogP contribution in [0.15, 0.2) is 72.8 Å². The van der Waals surface area contributed by atoms with Gasteiger partial charge in [0.1, 0.15) is 17.2 Å². The second-order valence-corrected chi connectivity index (χ2v) is 9.76. The summed E-state index contributed by atoms with van der Waals surface area (Å²) < 4.78 is 16.1. The van der Waals surface area contributed by atoms with E-state index in [1.807, 2.05) is 24.3 Å². The number of hydrogen-bond acceptors (Lipinski definition) is 4. The van der Waals surface area contributed by atoms with Crippen LogP contribution in [-0.2, 0) is 12.8 Å². The minimum absolute atomic E-state index is 0.866. The van der Waals surface area contributed by atoms with Crippen molar-refractivity contribution in [2.24, 2.45) is 0 Å². The fraction of sp³-hybridized carbons (Fsp3) is 0.206. The average molecular weight is 502 g/mol. The van der Waals surface area contributed by atoms with Crippen LogP contribution in [0, 0.1) is 0 Å². The molecule has 190 valence electrons. The van der Waals surface area contributed by atoms with Crippen molar-refractivity contribution in [2.45, 2.75) is 25.7 Å². The van der Waals surface area contributed by atoms with Gasteiger partial charge in [-0.15, -0.1) is 0 Å². The third-order valence-corrected chi connectivity index (χ3v) is 7.59. The first-order valence-corrected chi connectivity index (χ1v) is 13.1. The van der Waals surface area contributed by atoms with Crippen LogP contribution in [0.2, 0.25) is 0 Å². The van der Waals surface area contributed by atoms with Gasteiger partial charge in [0.2, 0.25) is 0 Å². The highest BCUT2D eigenvalue weighted by atomic mass is 16.5. The lowest BCUT2D eigenvalue weighted by Gasteiger charge is -2.15. The van der Waals surface area contributed by atoms with Crippen LogP contribution >= 0.6 is 0 Å². The number of pyridine rings is 1. The van der Waals surface area contributed by atoms with Crippen molar-refractivity contribution in [3.63, 3.8) is 0 Å². The van der Waals surface area contributed by atoms with Crippen LogP contribution in [0.4, 0.5) is 0 Å². The molecule has 0 amide bonds. The first-order chi connectivity index (χ1) is 18.7. The molecule has 2 aliphatic rings. The lowest BCUT2D eigenvalue weighted by molar-refractivity contribution is 0.414. The molecule has 38 heavy (non-hydrogen) atoms. The van der Waals surface area contributed by atoms with Crippen molar-refractivity contribution in [3.8, 4) is 28.4 Å². The summed E-state index contributed by atoms with van der Waals surface area (Å²) >= 11 is 0. The smallest absolute Gasteiger partial charge is 0.118 e. The number of methoxy groups -OCH3 is 3. The van der Waals surface area contributed by atoms with Gasteiger partial charge in [-0.1, -0.05) is 36.4 Å². The van der Waals surface area contributed by atoms with Gasteiger partial charge >= 0.3 is 0 Å². The Morgan fingerprint density at radius 3 is 1.32 bits per heavy atom. The molecule has 0 aliphatic heterocycles. The van der Waals surface area contributed by atoms with Gasteiger partial charge in [0.15, 0.2) is 0 Å². The van der Waals surface area contributed by atoms with E-state index in [9.17, 15) is 0 Å². The number of ether oxygens (including phenoxy) is 3. The Labute approximate surface area is 224 Å². The molecule has 6 rings (SSSR count). The maximum atomic E-state index is 5.44. The quantitative estimate of drug-likeness (QED) is 0.271. The van der Waals surface area contributed by atoms with Gasteiger partial charge in [-0.3, -0.25) is 0 Å². The first kappa shape index (κ1) is 24.1. The van der Waals surface area contributed by atoms with Crippen molar-refractivity contribution in [3.05, 3.63) is 106 Å². The van der Waals surface area contributed by atoms with E-state index < -0.39 is 0 Å². The van der Waals surface area contributed by atoms with Gasteiger partial charge in [0.05, 0.1) is 32.7 Å². The summed E-state index contributed by atoms with van der Waals surface area (Å²) in [7, 11) is 5.11. The van der Waals surface area contributed by atoms with E-state index in [1.165, 1.54) is 33.4 Å². The van der Waals surface area contributed by atoms with Crippen LogP contribution in [0.5, 0.6) is 17.2 Å². The molecular weight excluding hydrogens is 470 g/mol. The monoisotopic (exact) mass is 501 g/mol. The van der Waals surface area contributed by atoms with Crippen LogP contribution in [-0.4, -0.2) is 26.3 Å². The summed E-state index contributed by atoms with van der Waals surface area (Å²) in [4.78, 5) is 5.37. The molecule has 0 unspecified atom stereocenters. The van der Waals surface area contributed by atoms with E-state index in [0.29, 0.717) is 0 Å². The highest BCUT2D eigenvalue weighted by Crippen LogP contribution is 2.46. The first-order valence-electron chi connectivity index (χ1n) is 13.1. The molecule has 1 aromatic heterocycles. The van der Waals surface area contributed by atoms with E-state index in [1.54, 1.807) is 21.3 Å². The fourth-order valence-corrected chi connectivity index (χ4v) is 5.63. The molecule has 0 saturated heterocycles. The lowest BCUT2D eigenvalue weighted by atomic mass is 9.93. The van der Waals surface area contributed by atoms with Gasteiger partial charge in [0.25, 0.3) is 0 Å². The highest BCUT2D eigenvalue weighted by Gasteiger charge is 2.30. The van der Waals surface area contributed by atoms with Crippen LogP contribution in [0.1, 0.15) is 46.5 Å². The van der Waals surface area contributed by atoms with Crippen molar-refractivity contribution in [2.75, 3.05) is 21.3 Å². The number of aromatic nitrogens is 1. The van der Waals surface area contributed by atoms with Crippen LogP contribution in [0.3, 0.4) is 0 Å². The lowest BCUT2D eigenvalue weighted by Crippen LogP contribution is -2.01. The van der Waals surface area contributed by atoms with Gasteiger partial charge in [0, 0.05) is 0 Å². The standard InChI is InChI=1S/C34H31NO3/c1-36-27-12-4-22(5-13-27)20-25-10-18-30-32(24-8-16-29(38-3)17-9-24)31-19-11-26(34(31)35-33(25)30)21-23-6-14-28(37-2)15-7-23/h4-9,12-17,20-21H,10-11,18-19H2,1-3H3/b25-20-,26-21+. The van der Waals surface area contributed by atoms with Crippen molar-refractivity contribution >= 4 is 23.3 Å². The summed E-state index contributed by atoms with van der Waals surface area (Å²) in [5, 5.41) is 0. The third-order valence-electron chi connectivity index (χ3n) is 7.59. The molecule has 3 aromatic carbocycles. The second-order valence-electron chi connectivity index (χ2n) is 9.76. The molecule has 4 aromatic rings. The molecule has 0 atom stereocenters. The number of benzene rings is 3. The molecule has 0 fully saturated rings. The Morgan fingerprint density at radius 1 is 0.526 bits per heavy atom. The largest absolute Gasteiger partial charge is 0.497 e. The van der Waals surface area contributed by atoms with Crippen molar-refractivity contribution in [1.82, 2.24) is 4.98 Å². The average Bonchev–Trinajstić information content (AvgIpc) is 3.56. The predicted molar refractivity (Wildman–Crippen MR) is 155 cm³/mol. The molecule has 4 nitrogen and oxygen atoms in total. The van der Waals surface area contributed by atoms with Gasteiger partial charge in [-0.2, -0.15) is 0 Å². The zero-order valence-corrected chi connectivity index (χ0v) is 22.1. The maximum Gasteiger partial charge on any atom is 0.118 e. The third kappa shape index (κ3) is 4.47. The number of nitrogens with zero attached hydrogens (tertiary/aromatic N) is 1. The SMILES string of the molecule is COc1ccc(/C=C2/CCc3c2nc2c(c3-c3ccc(OC)cc3)CC/C2=C\c2ccc(OC)cc2)cc1. The molecule has 0 radical (unpaired) electrons. The van der Waals surface area contributed by atoms with E-state index in [-0.39, 0.29) is 0 Å². The Morgan fingerprint density at radius 2 is 0.921 bits per heavy atom. The summed E-state index contributed by atoms with van der Waals surface area (Å²) in [6.45, 7) is 0. The summed E-state index contributed by atoms with van der Waals surface area (Å²) in [5.74, 6) is 2.60. The Hall–Kier alpha value is -4.31. The normalized spacial score (nSPS) is 16.0. The Balaban J connectivity index is 1.49. The second kappa shape index (κ2) is 10.2. The molecule has 0 saturated carbocycles. The zero-order chi connectivity index (χ0) is 26.1. The van der Waals surface area contributed by atoms with E-state index in [0.717, 1.165) is 65.4 Å². The predicted octanol–water partition coefficient (Wildman–Crippen LogP) is 7.75. The Bertz CT molecular complexity index is 1440. The van der Waals surface area contributed by atoms with Crippen molar-refractivity contribution < 1.29 is 14.2 Å². The molecule has 2 aliphatic carbocycles. The topological polar surface area (TPSA) is 40.6 Å². The maximum absolute atomic E-state index is 5.44. The molecule has 0 N–H and O–H groups in total. The minimum Gasteiger partial charge on any atom is -0.497 e. The molecule has 1 heterocycles. The van der Waals surface area contributed by atoms with Crippen molar-refractivity contribution in [1.29, 1.82) is 0 Å². The number of fused-ring (bicyclic) bond motifs is 2. The van der Waals surface area contributed by atoms with E-state index in [4.69, 9.17) is 19.2 Å². The van der Waals surface area contributed by atoms with Crippen LogP contribution in [0.25, 0.3) is 34.4 Å². The number of allylic oxidation sites excluding steroid dienone is 2. The van der Waals surface area contributed by atoms with Gasteiger partial charge in [-0.05, 0) is 119 Å². The van der Waals surface area contributed by atoms with Gasteiger partial charge < -0.3 is 14.2 Å². The Kier molecular flexibility index (Phi) is 6.47. The fourth-order valence-electron chi connectivity index (χ4n) is 5.63. The van der Waals surface area contributed by atoms with Crippen LogP contribution < -0.4 is 14.2 Å². The summed E-state index contributed by atoms with van der Waals surface area (Å²) in [6, 6.07) is 25.0. The number of hydrogen-bond donors (Lipinski definition) is 0. The molecule has 0 spiro atoms. The molecular formula is C34H31NO3. The summed E-state index contributed by atoms with van der Waals surface area (Å²) in [6.07, 6.45) is 8.53. The minimum atomic E-state index is 0.866. The van der Waals surface area contributed by atoms with E-state index in [2.05, 4.69) is 60.7 Å². The summed E-state index contributed by atoms with van der Waals surface area (Å²) in [5.41, 5.74) is 12.5. The van der Waals surface area contributed by atoms with Gasteiger partial charge in [-0.25, -0.2) is 4.98 Å². The molecule has 4 heteroatoms. The highest BCUT2D eigenvalue weighted by molar-refractivity contribution is 5.93. The number of rotatable bonds is 6. The molecule has 0 bridgehead atoms.